The van der Waals surface area contributed by atoms with Gasteiger partial charge < -0.3 is 10.6 Å². The molecule has 1 saturated heterocycles. The van der Waals surface area contributed by atoms with Crippen LogP contribution in [0.25, 0.3) is 10.2 Å². The molecule has 0 saturated carbocycles. The number of fused-ring (bicyclic) bond motifs is 1. The van der Waals surface area contributed by atoms with E-state index in [2.05, 4.69) is 43.3 Å². The molecule has 168 valence electrons. The Labute approximate surface area is 191 Å². The van der Waals surface area contributed by atoms with Crippen LogP contribution in [0.2, 0.25) is 0 Å². The lowest BCUT2D eigenvalue weighted by Gasteiger charge is -2.38. The topological polar surface area (TPSA) is 89.0 Å². The number of halogens is 2. The highest BCUT2D eigenvalue weighted by molar-refractivity contribution is 7.22. The number of rotatable bonds is 6. The Balaban J connectivity index is 1.31. The first-order valence-corrected chi connectivity index (χ1v) is 12.1. The lowest BCUT2D eigenvalue weighted by Crippen LogP contribution is -2.48. The van der Waals surface area contributed by atoms with E-state index in [-0.39, 0.29) is 21.9 Å². The molecule has 1 aromatic carbocycles. The van der Waals surface area contributed by atoms with Crippen molar-refractivity contribution in [2.24, 2.45) is 0 Å². The summed E-state index contributed by atoms with van der Waals surface area (Å²) in [6.07, 6.45) is 0.877. The molecule has 0 radical (unpaired) electrons. The highest BCUT2D eigenvalue weighted by atomic mass is 32.1. The number of nitrogens with zero attached hydrogens (tertiary/aromatic N) is 7. The number of aromatic nitrogens is 5. The van der Waals surface area contributed by atoms with Gasteiger partial charge in [0.25, 0.3) is 0 Å². The van der Waals surface area contributed by atoms with Crippen LogP contribution in [0.1, 0.15) is 30.1 Å². The molecule has 1 unspecified atom stereocenters. The van der Waals surface area contributed by atoms with Crippen molar-refractivity contribution in [2.45, 2.75) is 25.9 Å². The van der Waals surface area contributed by atoms with Crippen LogP contribution >= 0.6 is 22.7 Å². The fourth-order valence-corrected chi connectivity index (χ4v) is 5.80. The average molecular weight is 477 g/mol. The second-order valence-corrected chi connectivity index (χ2v) is 9.67. The summed E-state index contributed by atoms with van der Waals surface area (Å²) >= 11 is 2.84. The molecule has 0 amide bonds. The number of hydrogen-bond donors (Lipinski definition) is 1. The number of piperazine rings is 1. The zero-order chi connectivity index (χ0) is 22.2. The number of tetrazole rings is 1. The quantitative estimate of drug-likeness (QED) is 0.426. The van der Waals surface area contributed by atoms with E-state index in [0.717, 1.165) is 42.7 Å². The standard InChI is InChI=1S/C20H22F2N8S2/c1-2-15(19-25-26-27-30(19)11-12-4-3-9-31-12)28-5-7-29(8-6-28)20-24-17-16(22)14(23)10-13(21)18(17)32-20/h3-4,9-10,15H,2,5-8,11,23H2,1H3. The Morgan fingerprint density at radius 3 is 2.75 bits per heavy atom. The molecule has 1 aliphatic rings. The van der Waals surface area contributed by atoms with Gasteiger partial charge in [0.1, 0.15) is 11.3 Å². The molecule has 5 rings (SSSR count). The summed E-state index contributed by atoms with van der Waals surface area (Å²) in [4.78, 5) is 9.98. The van der Waals surface area contributed by atoms with Gasteiger partial charge in [-0.25, -0.2) is 18.4 Å². The highest BCUT2D eigenvalue weighted by Gasteiger charge is 2.29. The van der Waals surface area contributed by atoms with E-state index >= 15 is 0 Å². The summed E-state index contributed by atoms with van der Waals surface area (Å²) < 4.78 is 30.6. The van der Waals surface area contributed by atoms with E-state index in [1.807, 2.05) is 16.1 Å². The van der Waals surface area contributed by atoms with Crippen molar-refractivity contribution >= 4 is 43.7 Å². The van der Waals surface area contributed by atoms with E-state index in [1.165, 1.54) is 4.88 Å². The maximum atomic E-state index is 14.3. The summed E-state index contributed by atoms with van der Waals surface area (Å²) in [5.41, 5.74) is 5.34. The molecule has 1 atom stereocenters. The summed E-state index contributed by atoms with van der Waals surface area (Å²) in [7, 11) is 0. The number of thiophene rings is 1. The molecular weight excluding hydrogens is 454 g/mol. The zero-order valence-corrected chi connectivity index (χ0v) is 19.0. The number of anilines is 2. The van der Waals surface area contributed by atoms with Gasteiger partial charge in [0.2, 0.25) is 0 Å². The first-order valence-electron chi connectivity index (χ1n) is 10.4. The van der Waals surface area contributed by atoms with Crippen LogP contribution in [0.5, 0.6) is 0 Å². The molecule has 4 heterocycles. The molecule has 8 nitrogen and oxygen atoms in total. The van der Waals surface area contributed by atoms with Gasteiger partial charge >= 0.3 is 0 Å². The normalized spacial score (nSPS) is 16.2. The van der Waals surface area contributed by atoms with Crippen molar-refractivity contribution in [3.8, 4) is 0 Å². The summed E-state index contributed by atoms with van der Waals surface area (Å²) in [5.74, 6) is -0.343. The molecule has 0 aliphatic carbocycles. The van der Waals surface area contributed by atoms with Crippen molar-refractivity contribution < 1.29 is 8.78 Å². The van der Waals surface area contributed by atoms with Gasteiger partial charge in [0.05, 0.1) is 23.0 Å². The molecule has 0 spiro atoms. The van der Waals surface area contributed by atoms with E-state index in [0.29, 0.717) is 24.8 Å². The molecule has 2 N–H and O–H groups in total. The minimum Gasteiger partial charge on any atom is -0.396 e. The molecular formula is C20H22F2N8S2. The molecule has 1 fully saturated rings. The monoisotopic (exact) mass is 476 g/mol. The third-order valence-electron chi connectivity index (χ3n) is 5.73. The number of hydrogen-bond acceptors (Lipinski definition) is 9. The highest BCUT2D eigenvalue weighted by Crippen LogP contribution is 2.35. The third-order valence-corrected chi connectivity index (χ3v) is 7.72. The van der Waals surface area contributed by atoms with Gasteiger partial charge in [0, 0.05) is 37.1 Å². The first kappa shape index (κ1) is 21.2. The fourth-order valence-electron chi connectivity index (χ4n) is 4.10. The van der Waals surface area contributed by atoms with E-state index in [9.17, 15) is 8.78 Å². The predicted octanol–water partition coefficient (Wildman–Crippen LogP) is 3.53. The zero-order valence-electron chi connectivity index (χ0n) is 17.4. The largest absolute Gasteiger partial charge is 0.396 e. The van der Waals surface area contributed by atoms with E-state index in [1.54, 1.807) is 11.3 Å². The van der Waals surface area contributed by atoms with Gasteiger partial charge in [0.15, 0.2) is 16.8 Å². The average Bonchev–Trinajstić information content (AvgIpc) is 3.55. The Morgan fingerprint density at radius 2 is 2.03 bits per heavy atom. The lowest BCUT2D eigenvalue weighted by molar-refractivity contribution is 0.169. The van der Waals surface area contributed by atoms with Crippen molar-refractivity contribution in [2.75, 3.05) is 36.8 Å². The van der Waals surface area contributed by atoms with Gasteiger partial charge in [-0.2, -0.15) is 0 Å². The minimum atomic E-state index is -0.661. The Kier molecular flexibility index (Phi) is 5.74. The third kappa shape index (κ3) is 3.82. The Morgan fingerprint density at radius 1 is 1.22 bits per heavy atom. The first-order chi connectivity index (χ1) is 15.5. The Bertz CT molecular complexity index is 1210. The van der Waals surface area contributed by atoms with Crippen LogP contribution in [-0.2, 0) is 6.54 Å². The van der Waals surface area contributed by atoms with Crippen LogP contribution in [0.3, 0.4) is 0 Å². The van der Waals surface area contributed by atoms with Crippen LogP contribution in [0.15, 0.2) is 23.6 Å². The maximum absolute atomic E-state index is 14.3. The molecule has 0 bridgehead atoms. The van der Waals surface area contributed by atoms with Crippen molar-refractivity contribution in [3.05, 3.63) is 45.9 Å². The van der Waals surface area contributed by atoms with Crippen molar-refractivity contribution in [1.29, 1.82) is 0 Å². The van der Waals surface area contributed by atoms with Crippen LogP contribution in [0, 0.1) is 11.6 Å². The van der Waals surface area contributed by atoms with Crippen LogP contribution in [0.4, 0.5) is 19.6 Å². The summed E-state index contributed by atoms with van der Waals surface area (Å²) in [6.45, 7) is 5.72. The second kappa shape index (κ2) is 8.68. The predicted molar refractivity (Wildman–Crippen MR) is 122 cm³/mol. The maximum Gasteiger partial charge on any atom is 0.186 e. The van der Waals surface area contributed by atoms with E-state index < -0.39 is 11.6 Å². The van der Waals surface area contributed by atoms with E-state index in [4.69, 9.17) is 5.73 Å². The van der Waals surface area contributed by atoms with Crippen molar-refractivity contribution in [1.82, 2.24) is 30.1 Å². The summed E-state index contributed by atoms with van der Waals surface area (Å²) in [6, 6.07) is 5.21. The minimum absolute atomic E-state index is 0.00381. The number of nitrogen functional groups attached to an aromatic ring is 1. The van der Waals surface area contributed by atoms with Crippen molar-refractivity contribution in [3.63, 3.8) is 0 Å². The Hall–Kier alpha value is -2.70. The molecule has 1 aliphatic heterocycles. The molecule has 3 aromatic heterocycles. The second-order valence-electron chi connectivity index (χ2n) is 7.66. The molecule has 32 heavy (non-hydrogen) atoms. The lowest BCUT2D eigenvalue weighted by atomic mass is 10.1. The van der Waals surface area contributed by atoms with Gasteiger partial charge in [-0.3, -0.25) is 4.90 Å². The van der Waals surface area contributed by atoms with Gasteiger partial charge in [-0.1, -0.05) is 24.3 Å². The fraction of sp³-hybridized carbons (Fsp3) is 0.400. The molecule has 4 aromatic rings. The van der Waals surface area contributed by atoms with Crippen LogP contribution < -0.4 is 10.6 Å². The number of nitrogens with two attached hydrogens (primary N) is 1. The SMILES string of the molecule is CCC(c1nnnn1Cc1cccs1)N1CCN(c2nc3c(F)c(N)cc(F)c3s2)CC1. The van der Waals surface area contributed by atoms with Crippen LogP contribution in [-0.4, -0.2) is 56.3 Å². The van der Waals surface area contributed by atoms with Gasteiger partial charge in [-0.05, 0) is 28.3 Å². The number of thiazole rings is 1. The number of benzene rings is 1. The van der Waals surface area contributed by atoms with Gasteiger partial charge in [-0.15, -0.1) is 16.4 Å². The summed E-state index contributed by atoms with van der Waals surface area (Å²) in [5, 5.41) is 15.1. The molecule has 12 heteroatoms. The smallest absolute Gasteiger partial charge is 0.186 e.